The van der Waals surface area contributed by atoms with Gasteiger partial charge in [-0.2, -0.15) is 0 Å². The number of rotatable bonds is 5. The van der Waals surface area contributed by atoms with Crippen molar-refractivity contribution >= 4 is 20.7 Å². The Morgan fingerprint density at radius 2 is 2.00 bits per heavy atom. The molecule has 0 radical (unpaired) electrons. The summed E-state index contributed by atoms with van der Waals surface area (Å²) < 4.78 is 34.2. The van der Waals surface area contributed by atoms with Crippen LogP contribution in [0.3, 0.4) is 0 Å². The van der Waals surface area contributed by atoms with Crippen molar-refractivity contribution in [3.63, 3.8) is 0 Å². The summed E-state index contributed by atoms with van der Waals surface area (Å²) in [5, 5.41) is 0.979. The van der Waals surface area contributed by atoms with Gasteiger partial charge in [0.2, 0.25) is 0 Å². The first-order valence-electron chi connectivity index (χ1n) is 7.05. The lowest BCUT2D eigenvalue weighted by atomic mass is 10.2. The molecule has 6 nitrogen and oxygen atoms in total. The normalized spacial score (nSPS) is 11.6. The molecule has 7 heteroatoms. The van der Waals surface area contributed by atoms with Gasteiger partial charge >= 0.3 is 0 Å². The van der Waals surface area contributed by atoms with E-state index in [2.05, 4.69) is 9.97 Å². The molecule has 120 valence electrons. The van der Waals surface area contributed by atoms with E-state index in [1.807, 2.05) is 25.3 Å². The van der Waals surface area contributed by atoms with Gasteiger partial charge in [-0.15, -0.1) is 0 Å². The minimum atomic E-state index is -3.32. The Balaban J connectivity index is 1.92. The molecule has 0 saturated carbocycles. The number of H-pyrrole nitrogens is 1. The quantitative estimate of drug-likeness (QED) is 0.776. The molecular formula is C16H16N2O4S. The Hall–Kier alpha value is -2.54. The van der Waals surface area contributed by atoms with Crippen LogP contribution in [0.5, 0.6) is 17.2 Å². The fraction of sp³-hybridized carbons (Fsp3) is 0.188. The van der Waals surface area contributed by atoms with Crippen molar-refractivity contribution in [2.24, 2.45) is 0 Å². The van der Waals surface area contributed by atoms with Gasteiger partial charge in [-0.25, -0.2) is 13.4 Å². The topological polar surface area (TPSA) is 81.3 Å². The number of nitrogens with zero attached hydrogens (tertiary/aromatic N) is 1. The zero-order valence-corrected chi connectivity index (χ0v) is 13.6. The van der Waals surface area contributed by atoms with Crippen molar-refractivity contribution in [1.82, 2.24) is 9.97 Å². The summed E-state index contributed by atoms with van der Waals surface area (Å²) in [6.45, 7) is 2.46. The summed E-state index contributed by atoms with van der Waals surface area (Å²) in [7, 11) is -3.32. The molecule has 0 bridgehead atoms. The van der Waals surface area contributed by atoms with Gasteiger partial charge in [0.25, 0.3) is 0 Å². The lowest BCUT2D eigenvalue weighted by Gasteiger charge is -2.10. The summed E-state index contributed by atoms with van der Waals surface area (Å²) in [4.78, 5) is 7.04. The second kappa shape index (κ2) is 5.92. The second-order valence-corrected chi connectivity index (χ2v) is 6.97. The SMILES string of the molecule is CCOc1cc(Oc2ccc(S(C)(=O)=O)nc2)cc2cc[nH]c12. The minimum absolute atomic E-state index is 0.0148. The summed E-state index contributed by atoms with van der Waals surface area (Å²) in [6, 6.07) is 8.58. The van der Waals surface area contributed by atoms with E-state index in [1.165, 1.54) is 12.3 Å². The van der Waals surface area contributed by atoms with Gasteiger partial charge in [-0.3, -0.25) is 0 Å². The molecule has 0 amide bonds. The van der Waals surface area contributed by atoms with E-state index < -0.39 is 9.84 Å². The molecule has 0 atom stereocenters. The second-order valence-electron chi connectivity index (χ2n) is 5.00. The van der Waals surface area contributed by atoms with Gasteiger partial charge in [0.15, 0.2) is 14.9 Å². The number of pyridine rings is 1. The van der Waals surface area contributed by atoms with Crippen molar-refractivity contribution < 1.29 is 17.9 Å². The Morgan fingerprint density at radius 1 is 1.17 bits per heavy atom. The number of hydrogen-bond donors (Lipinski definition) is 1. The fourth-order valence-corrected chi connectivity index (χ4v) is 2.78. The van der Waals surface area contributed by atoms with Gasteiger partial charge in [0.05, 0.1) is 18.3 Å². The van der Waals surface area contributed by atoms with Crippen LogP contribution in [-0.2, 0) is 9.84 Å². The Bertz CT molecular complexity index is 930. The van der Waals surface area contributed by atoms with E-state index in [0.29, 0.717) is 23.9 Å². The zero-order chi connectivity index (χ0) is 16.4. The molecule has 23 heavy (non-hydrogen) atoms. The van der Waals surface area contributed by atoms with Crippen LogP contribution in [0, 0.1) is 0 Å². The third-order valence-electron chi connectivity index (χ3n) is 3.22. The maximum absolute atomic E-state index is 11.4. The largest absolute Gasteiger partial charge is 0.492 e. The molecule has 0 aliphatic heterocycles. The summed E-state index contributed by atoms with van der Waals surface area (Å²) in [5.74, 6) is 1.75. The summed E-state index contributed by atoms with van der Waals surface area (Å²) >= 11 is 0. The highest BCUT2D eigenvalue weighted by atomic mass is 32.2. The van der Waals surface area contributed by atoms with E-state index in [0.717, 1.165) is 17.2 Å². The average Bonchev–Trinajstić information content (AvgIpc) is 2.96. The third kappa shape index (κ3) is 3.29. The van der Waals surface area contributed by atoms with Crippen molar-refractivity contribution in [2.75, 3.05) is 12.9 Å². The number of ether oxygens (including phenoxy) is 2. The number of sulfone groups is 1. The molecule has 2 aromatic heterocycles. The predicted octanol–water partition coefficient (Wildman–Crippen LogP) is 3.16. The maximum atomic E-state index is 11.4. The van der Waals surface area contributed by atoms with E-state index in [1.54, 1.807) is 12.1 Å². The molecule has 1 N–H and O–H groups in total. The summed E-state index contributed by atoms with van der Waals surface area (Å²) in [5.41, 5.74) is 0.907. The Labute approximate surface area is 134 Å². The van der Waals surface area contributed by atoms with Gasteiger partial charge in [0.1, 0.15) is 17.2 Å². The summed E-state index contributed by atoms with van der Waals surface area (Å²) in [6.07, 6.45) is 4.33. The van der Waals surface area contributed by atoms with Gasteiger partial charge in [-0.1, -0.05) is 0 Å². The van der Waals surface area contributed by atoms with Gasteiger partial charge < -0.3 is 14.5 Å². The molecule has 0 unspecified atom stereocenters. The van der Waals surface area contributed by atoms with Gasteiger partial charge in [-0.05, 0) is 31.2 Å². The lowest BCUT2D eigenvalue weighted by molar-refractivity contribution is 0.341. The zero-order valence-electron chi connectivity index (χ0n) is 12.7. The van der Waals surface area contributed by atoms with Crippen LogP contribution < -0.4 is 9.47 Å². The number of fused-ring (bicyclic) bond motifs is 1. The highest BCUT2D eigenvalue weighted by Crippen LogP contribution is 2.32. The molecular weight excluding hydrogens is 316 g/mol. The Kier molecular flexibility index (Phi) is 3.96. The number of aromatic amines is 1. The van der Waals surface area contributed by atoms with E-state index in [9.17, 15) is 8.42 Å². The number of aromatic nitrogens is 2. The van der Waals surface area contributed by atoms with Crippen LogP contribution in [0.2, 0.25) is 0 Å². The smallest absolute Gasteiger partial charge is 0.192 e. The van der Waals surface area contributed by atoms with Crippen molar-refractivity contribution in [3.8, 4) is 17.2 Å². The van der Waals surface area contributed by atoms with Crippen molar-refractivity contribution in [3.05, 3.63) is 42.7 Å². The Morgan fingerprint density at radius 3 is 2.65 bits per heavy atom. The van der Waals surface area contributed by atoms with E-state index >= 15 is 0 Å². The predicted molar refractivity (Wildman–Crippen MR) is 86.9 cm³/mol. The minimum Gasteiger partial charge on any atom is -0.492 e. The highest BCUT2D eigenvalue weighted by molar-refractivity contribution is 7.90. The van der Waals surface area contributed by atoms with Crippen LogP contribution in [0.1, 0.15) is 6.92 Å². The molecule has 0 aliphatic carbocycles. The maximum Gasteiger partial charge on any atom is 0.192 e. The van der Waals surface area contributed by atoms with Crippen LogP contribution in [0.15, 0.2) is 47.8 Å². The van der Waals surface area contributed by atoms with Crippen LogP contribution >= 0.6 is 0 Å². The standard InChI is InChI=1S/C16H16N2O4S/c1-3-21-14-9-13(8-11-6-7-17-16(11)14)22-12-4-5-15(18-10-12)23(2,19)20/h4-10,17H,3H2,1-2H3. The van der Waals surface area contributed by atoms with Crippen LogP contribution in [0.25, 0.3) is 10.9 Å². The van der Waals surface area contributed by atoms with E-state index in [4.69, 9.17) is 9.47 Å². The number of benzene rings is 1. The molecule has 3 aromatic rings. The molecule has 2 heterocycles. The fourth-order valence-electron chi connectivity index (χ4n) is 2.22. The number of nitrogens with one attached hydrogen (secondary N) is 1. The number of hydrogen-bond acceptors (Lipinski definition) is 5. The lowest BCUT2D eigenvalue weighted by Crippen LogP contribution is -2.00. The van der Waals surface area contributed by atoms with Crippen molar-refractivity contribution in [1.29, 1.82) is 0 Å². The molecule has 0 fully saturated rings. The first kappa shape index (κ1) is 15.4. The van der Waals surface area contributed by atoms with Crippen LogP contribution in [-0.4, -0.2) is 31.2 Å². The molecule has 0 aliphatic rings. The molecule has 1 aromatic carbocycles. The monoisotopic (exact) mass is 332 g/mol. The van der Waals surface area contributed by atoms with Gasteiger partial charge in [0, 0.05) is 23.9 Å². The third-order valence-corrected chi connectivity index (χ3v) is 4.22. The molecule has 0 saturated heterocycles. The first-order valence-corrected chi connectivity index (χ1v) is 8.94. The van der Waals surface area contributed by atoms with Crippen molar-refractivity contribution in [2.45, 2.75) is 11.9 Å². The average molecular weight is 332 g/mol. The van der Waals surface area contributed by atoms with Crippen LogP contribution in [0.4, 0.5) is 0 Å². The van der Waals surface area contributed by atoms with E-state index in [-0.39, 0.29) is 5.03 Å². The highest BCUT2D eigenvalue weighted by Gasteiger charge is 2.10. The first-order chi connectivity index (χ1) is 11.0. The molecule has 0 spiro atoms. The molecule has 3 rings (SSSR count).